The molecule has 0 spiro atoms. The minimum atomic E-state index is -0.936. The third-order valence-corrected chi connectivity index (χ3v) is 24.5. The van der Waals surface area contributed by atoms with Crippen molar-refractivity contribution in [2.45, 2.75) is 229 Å². The van der Waals surface area contributed by atoms with Crippen molar-refractivity contribution >= 4 is 94.1 Å². The molecule has 678 valence electrons. The fraction of sp³-hybridized carbons (Fsp3) is 0.656. The summed E-state index contributed by atoms with van der Waals surface area (Å²) in [6.07, 6.45) is 33.3. The highest BCUT2D eigenvalue weighted by Gasteiger charge is 2.43. The number of unbranched alkanes of at least 4 members (excludes halogenated alkanes) is 2. The number of nitrogens with one attached hydrogen (secondary N) is 4. The van der Waals surface area contributed by atoms with Crippen LogP contribution in [0.2, 0.25) is 0 Å². The van der Waals surface area contributed by atoms with Gasteiger partial charge in [-0.2, -0.15) is 0 Å². The maximum absolute atomic E-state index is 14.2. The lowest BCUT2D eigenvalue weighted by Gasteiger charge is -2.31. The Balaban J connectivity index is 0.486. The maximum Gasteiger partial charge on any atom is 0.260 e. The van der Waals surface area contributed by atoms with Gasteiger partial charge in [-0.15, -0.1) is 11.8 Å². The van der Waals surface area contributed by atoms with E-state index in [9.17, 15) is 38.4 Å². The van der Waals surface area contributed by atoms with Gasteiger partial charge < -0.3 is 87.9 Å². The first-order valence-corrected chi connectivity index (χ1v) is 45.9. The van der Waals surface area contributed by atoms with Gasteiger partial charge in [-0.1, -0.05) is 130 Å². The summed E-state index contributed by atoms with van der Waals surface area (Å²) < 4.78 is 68.3. The molecule has 0 aromatic heterocycles. The second-order valence-electron chi connectivity index (χ2n) is 33.6. The number of amides is 8. The molecule has 3 aromatic carbocycles. The van der Waals surface area contributed by atoms with E-state index >= 15 is 0 Å². The molecule has 8 amide bonds. The third-order valence-electron chi connectivity index (χ3n) is 23.0. The average Bonchev–Trinajstić information content (AvgIpc) is 1.63. The van der Waals surface area contributed by atoms with Crippen LogP contribution in [0.15, 0.2) is 76.5 Å². The number of hydrogen-bond acceptors (Lipinski definition) is 23. The minimum Gasteiger partial charge on any atom is -0.493 e. The summed E-state index contributed by atoms with van der Waals surface area (Å²) in [7, 11) is 3.10. The number of thioether (sulfide) groups is 1. The van der Waals surface area contributed by atoms with Crippen LogP contribution in [0.5, 0.6) is 23.0 Å². The number of carbonyl (C=O) groups is 8. The van der Waals surface area contributed by atoms with Crippen LogP contribution < -0.4 is 40.2 Å². The van der Waals surface area contributed by atoms with Crippen molar-refractivity contribution in [1.82, 2.24) is 30.7 Å². The molecule has 1 saturated heterocycles. The molecule has 2 unspecified atom stereocenters. The monoisotopic (exact) mass is 1730 g/mol. The molecular formula is C93H135N9O20S. The molecule has 29 nitrogen and oxygen atoms in total. The van der Waals surface area contributed by atoms with Crippen LogP contribution in [-0.2, 0) is 66.7 Å². The summed E-state index contributed by atoms with van der Waals surface area (Å²) in [6, 6.07) is 11.9. The average molecular weight is 1730 g/mol. The fourth-order valence-electron chi connectivity index (χ4n) is 16.1. The number of hydrogen-bond donors (Lipinski definition) is 4. The number of benzene rings is 3. The highest BCUT2D eigenvalue weighted by atomic mass is 32.2. The molecule has 5 aliphatic heterocycles. The van der Waals surface area contributed by atoms with Gasteiger partial charge in [-0.3, -0.25) is 53.2 Å². The van der Waals surface area contributed by atoms with Crippen molar-refractivity contribution in [3.8, 4) is 23.0 Å². The second kappa shape index (κ2) is 51.9. The van der Waals surface area contributed by atoms with E-state index in [0.717, 1.165) is 43.2 Å². The lowest BCUT2D eigenvalue weighted by molar-refractivity contribution is -0.138. The zero-order valence-electron chi connectivity index (χ0n) is 73.7. The van der Waals surface area contributed by atoms with Gasteiger partial charge in [0.1, 0.15) is 12.1 Å². The first kappa shape index (κ1) is 96.9. The Kier molecular flexibility index (Phi) is 40.9. The summed E-state index contributed by atoms with van der Waals surface area (Å²) in [6.45, 7) is 16.5. The van der Waals surface area contributed by atoms with Crippen molar-refractivity contribution in [3.63, 3.8) is 0 Å². The Morgan fingerprint density at radius 1 is 0.512 bits per heavy atom. The molecule has 2 aliphatic carbocycles. The standard InChI is InChI=1S/C93H135N9O20S/c1-65(2)87(99-85(104)32-37-113-39-41-115-43-45-117-47-49-119-51-52-120-50-48-118-46-44-116-42-40-114-38-33-94-84(103)31-34-100-86(105)59-83(92(100)110)123-93(4,5)60-67-23-19-16-14-12-10-8-9-11-13-15-17-20-24-67)89(107)97-66(3)88(106)98-72-29-27-69(28-30-72)71-54-74-62-96-78-58-82(80(112-7)56-76(78)91(109)102(74)64-71)122-36-22-18-21-35-121-81-57-77-75(55-79(81)111-6)90(108)101-63-70(68-25-26-68)53-73(101)61-95-77/h27-30,55-58,61-68,73-74,83,87H,8-26,31-54,59-60H2,1-7H3,(H,94,103)(H,97,107)(H,98,106)(H,99,104)/t66-,73?,74-,83?,87-/m1/s1. The SMILES string of the molecule is COc1cc2c(cc1OCCCCCOc1cc3c(cc1OC)C(=O)N1C=C(c4ccc(NC(=O)[C@@H](C)NC(=O)[C@H](NC(=O)CCOCCOCCOCCOCCOCCOCCOCCOCCNC(=O)CCN5C(=O)CC(SC(C)(C)CC6CCCCCCCCCCCCCC6)C5=O)C(C)C)cc4)C[C@@H]1C=N3)N=CC1CC(C3CC3)=CN1C2=O. The molecule has 4 N–H and O–H groups in total. The van der Waals surface area contributed by atoms with E-state index in [4.69, 9.17) is 66.8 Å². The molecule has 5 heterocycles. The zero-order chi connectivity index (χ0) is 87.1. The quantitative estimate of drug-likeness (QED) is 0.0301. The lowest BCUT2D eigenvalue weighted by Crippen LogP contribution is -2.53. The van der Waals surface area contributed by atoms with Crippen LogP contribution in [0.3, 0.4) is 0 Å². The predicted octanol–water partition coefficient (Wildman–Crippen LogP) is 13.3. The molecule has 3 fully saturated rings. The summed E-state index contributed by atoms with van der Waals surface area (Å²) >= 11 is 1.65. The van der Waals surface area contributed by atoms with E-state index in [1.807, 2.05) is 30.7 Å². The van der Waals surface area contributed by atoms with Gasteiger partial charge >= 0.3 is 0 Å². The van der Waals surface area contributed by atoms with Crippen LogP contribution in [0, 0.1) is 17.8 Å². The number of likely N-dealkylation sites (tertiary alicyclic amines) is 1. The lowest BCUT2D eigenvalue weighted by atomic mass is 9.87. The van der Waals surface area contributed by atoms with Crippen molar-refractivity contribution in [2.24, 2.45) is 27.7 Å². The van der Waals surface area contributed by atoms with E-state index in [-0.39, 0.29) is 97.2 Å². The second-order valence-corrected chi connectivity index (χ2v) is 35.5. The van der Waals surface area contributed by atoms with E-state index in [1.54, 1.807) is 92.1 Å². The zero-order valence-corrected chi connectivity index (χ0v) is 74.5. The largest absolute Gasteiger partial charge is 0.493 e. The summed E-state index contributed by atoms with van der Waals surface area (Å²) in [5.41, 5.74) is 5.50. The number of nitrogens with zero attached hydrogens (tertiary/aromatic N) is 5. The van der Waals surface area contributed by atoms with Crippen molar-refractivity contribution in [3.05, 3.63) is 83.2 Å². The molecule has 10 rings (SSSR count). The van der Waals surface area contributed by atoms with Gasteiger partial charge in [0.05, 0.1) is 173 Å². The van der Waals surface area contributed by atoms with Gasteiger partial charge in [-0.25, -0.2) is 0 Å². The normalized spacial score (nSPS) is 18.9. The summed E-state index contributed by atoms with van der Waals surface area (Å²) in [5.74, 6) is 0.619. The van der Waals surface area contributed by atoms with Crippen molar-refractivity contribution < 1.29 is 95.2 Å². The number of aliphatic imine (C=N–C) groups is 2. The molecule has 0 bridgehead atoms. The number of rotatable bonds is 52. The first-order valence-electron chi connectivity index (χ1n) is 45.0. The Hall–Kier alpha value is -8.33. The van der Waals surface area contributed by atoms with E-state index in [2.05, 4.69) is 35.1 Å². The number of ether oxygens (including phenoxy) is 12. The molecule has 0 radical (unpaired) electrons. The van der Waals surface area contributed by atoms with Gasteiger partial charge in [0, 0.05) is 86.2 Å². The molecule has 30 heteroatoms. The molecule has 2 saturated carbocycles. The van der Waals surface area contributed by atoms with E-state index in [0.29, 0.717) is 182 Å². The number of imide groups is 1. The van der Waals surface area contributed by atoms with Gasteiger partial charge in [-0.05, 0) is 111 Å². The predicted molar refractivity (Wildman–Crippen MR) is 473 cm³/mol. The number of methoxy groups -OCH3 is 2. The Bertz CT molecular complexity index is 4010. The Morgan fingerprint density at radius 3 is 1.49 bits per heavy atom. The fourth-order valence-corrected chi connectivity index (χ4v) is 17.6. The molecule has 3 aromatic rings. The maximum atomic E-state index is 14.2. The number of fused-ring (bicyclic) bond motifs is 4. The molecule has 123 heavy (non-hydrogen) atoms. The van der Waals surface area contributed by atoms with Crippen LogP contribution in [0.4, 0.5) is 17.1 Å². The summed E-state index contributed by atoms with van der Waals surface area (Å²) in [5, 5.41) is 10.8. The summed E-state index contributed by atoms with van der Waals surface area (Å²) in [4.78, 5) is 121. The highest BCUT2D eigenvalue weighted by molar-refractivity contribution is 8.02. The first-order chi connectivity index (χ1) is 59.8. The van der Waals surface area contributed by atoms with Gasteiger partial charge in [0.25, 0.3) is 11.8 Å². The van der Waals surface area contributed by atoms with Crippen LogP contribution in [0.1, 0.15) is 221 Å². The van der Waals surface area contributed by atoms with E-state index in [1.165, 1.54) is 120 Å². The molecule has 5 atom stereocenters. The van der Waals surface area contributed by atoms with Gasteiger partial charge in [0.2, 0.25) is 35.4 Å². The smallest absolute Gasteiger partial charge is 0.260 e. The van der Waals surface area contributed by atoms with Crippen molar-refractivity contribution in [1.29, 1.82) is 0 Å². The number of anilines is 1. The minimum absolute atomic E-state index is 0.0171. The Morgan fingerprint density at radius 2 is 0.992 bits per heavy atom. The van der Waals surface area contributed by atoms with Crippen LogP contribution >= 0.6 is 11.8 Å². The van der Waals surface area contributed by atoms with Crippen molar-refractivity contribution in [2.75, 3.05) is 152 Å². The van der Waals surface area contributed by atoms with Crippen LogP contribution in [-0.4, -0.2) is 255 Å². The Labute approximate surface area is 731 Å². The van der Waals surface area contributed by atoms with Gasteiger partial charge in [0.15, 0.2) is 23.0 Å². The molecular weight excluding hydrogens is 1600 g/mol. The van der Waals surface area contributed by atoms with Crippen LogP contribution in [0.25, 0.3) is 5.57 Å². The molecule has 7 aliphatic rings. The topological polar surface area (TPSA) is 330 Å². The number of carbonyl (C=O) groups excluding carboxylic acids is 8. The third kappa shape index (κ3) is 31.9. The highest BCUT2D eigenvalue weighted by Crippen LogP contribution is 2.46. The van der Waals surface area contributed by atoms with E-state index < -0.39 is 29.1 Å².